The second-order valence-electron chi connectivity index (χ2n) is 4.08. The van der Waals surface area contributed by atoms with E-state index < -0.39 is 11.9 Å². The van der Waals surface area contributed by atoms with Crippen molar-refractivity contribution in [1.82, 2.24) is 0 Å². The molecule has 0 aliphatic rings. The first-order valence-electron chi connectivity index (χ1n) is 5.86. The van der Waals surface area contributed by atoms with E-state index in [-0.39, 0.29) is 17.0 Å². The molecule has 0 bridgehead atoms. The smallest absolute Gasteiger partial charge is 0.331 e. The second kappa shape index (κ2) is 6.13. The fourth-order valence-electron chi connectivity index (χ4n) is 1.59. The first-order valence-corrected chi connectivity index (χ1v) is 5.86. The average molecular weight is 265 g/mol. The van der Waals surface area contributed by atoms with Crippen LogP contribution in [-0.2, 0) is 9.59 Å². The van der Waals surface area contributed by atoms with Crippen LogP contribution in [0.1, 0.15) is 20.8 Å². The van der Waals surface area contributed by atoms with Gasteiger partial charge >= 0.3 is 5.97 Å². The minimum absolute atomic E-state index is 0.00515. The molecule has 1 aromatic carbocycles. The molecule has 102 valence electrons. The Kier molecular flexibility index (Phi) is 4.80. The van der Waals surface area contributed by atoms with Gasteiger partial charge in [-0.15, -0.1) is 0 Å². The summed E-state index contributed by atoms with van der Waals surface area (Å²) in [4.78, 5) is 24.5. The standard InChI is InChI=1S/C14H16FNO3/c1-4-16(12-7-5-11(15)6-8-12)13(17)9(2)10(3)14(18)19/h5-8H,4H2,1-3H3,(H,18,19). The molecule has 5 heteroatoms. The molecule has 0 saturated carbocycles. The van der Waals surface area contributed by atoms with Crippen molar-refractivity contribution in [1.29, 1.82) is 0 Å². The third-order valence-electron chi connectivity index (χ3n) is 2.90. The summed E-state index contributed by atoms with van der Waals surface area (Å²) in [6.45, 7) is 4.99. The molecule has 1 N–H and O–H groups in total. The van der Waals surface area contributed by atoms with Crippen molar-refractivity contribution in [3.05, 3.63) is 41.2 Å². The van der Waals surface area contributed by atoms with Crippen molar-refractivity contribution < 1.29 is 19.1 Å². The number of carbonyl (C=O) groups excluding carboxylic acids is 1. The Morgan fingerprint density at radius 2 is 1.68 bits per heavy atom. The molecular weight excluding hydrogens is 249 g/mol. The molecule has 0 saturated heterocycles. The van der Waals surface area contributed by atoms with Gasteiger partial charge in [0.15, 0.2) is 0 Å². The maximum atomic E-state index is 12.9. The molecule has 0 fully saturated rings. The zero-order valence-corrected chi connectivity index (χ0v) is 11.1. The van der Waals surface area contributed by atoms with E-state index in [0.717, 1.165) is 0 Å². The maximum absolute atomic E-state index is 12.9. The van der Waals surface area contributed by atoms with Gasteiger partial charge in [0.2, 0.25) is 0 Å². The summed E-state index contributed by atoms with van der Waals surface area (Å²) in [7, 11) is 0. The van der Waals surface area contributed by atoms with E-state index in [4.69, 9.17) is 5.11 Å². The van der Waals surface area contributed by atoms with E-state index in [9.17, 15) is 14.0 Å². The summed E-state index contributed by atoms with van der Waals surface area (Å²) < 4.78 is 12.9. The van der Waals surface area contributed by atoms with Crippen LogP contribution in [0.4, 0.5) is 10.1 Å². The van der Waals surface area contributed by atoms with Crippen LogP contribution in [0, 0.1) is 5.82 Å². The normalized spacial score (nSPS) is 11.8. The van der Waals surface area contributed by atoms with E-state index in [2.05, 4.69) is 0 Å². The summed E-state index contributed by atoms with van der Waals surface area (Å²) >= 11 is 0. The highest BCUT2D eigenvalue weighted by molar-refractivity contribution is 6.09. The quantitative estimate of drug-likeness (QED) is 0.851. The minimum Gasteiger partial charge on any atom is -0.478 e. The van der Waals surface area contributed by atoms with Crippen LogP contribution in [0.5, 0.6) is 0 Å². The Balaban J connectivity index is 3.11. The topological polar surface area (TPSA) is 57.6 Å². The first kappa shape index (κ1) is 14.9. The van der Waals surface area contributed by atoms with Gasteiger partial charge in [0.1, 0.15) is 5.82 Å². The number of anilines is 1. The zero-order valence-electron chi connectivity index (χ0n) is 11.1. The molecule has 0 aromatic heterocycles. The number of amides is 1. The van der Waals surface area contributed by atoms with Gasteiger partial charge < -0.3 is 10.0 Å². The Morgan fingerprint density at radius 3 is 2.11 bits per heavy atom. The molecule has 0 spiro atoms. The number of hydrogen-bond acceptors (Lipinski definition) is 2. The molecular formula is C14H16FNO3. The van der Waals surface area contributed by atoms with Crippen LogP contribution in [0.3, 0.4) is 0 Å². The molecule has 19 heavy (non-hydrogen) atoms. The first-order chi connectivity index (χ1) is 8.88. The van der Waals surface area contributed by atoms with Crippen LogP contribution < -0.4 is 4.90 Å². The lowest BCUT2D eigenvalue weighted by atomic mass is 10.1. The van der Waals surface area contributed by atoms with Crippen molar-refractivity contribution in [2.24, 2.45) is 0 Å². The van der Waals surface area contributed by atoms with E-state index >= 15 is 0 Å². The molecule has 4 nitrogen and oxygen atoms in total. The van der Waals surface area contributed by atoms with Crippen molar-refractivity contribution in [3.63, 3.8) is 0 Å². The Labute approximate surface area is 111 Å². The Hall–Kier alpha value is -2.17. The lowest BCUT2D eigenvalue weighted by Gasteiger charge is -2.22. The number of carbonyl (C=O) groups is 2. The monoisotopic (exact) mass is 265 g/mol. The number of carboxylic acids is 1. The van der Waals surface area contributed by atoms with Crippen molar-refractivity contribution in [2.75, 3.05) is 11.4 Å². The predicted octanol–water partition coefficient (Wildman–Crippen LogP) is 2.60. The largest absolute Gasteiger partial charge is 0.478 e. The molecule has 0 radical (unpaired) electrons. The van der Waals surface area contributed by atoms with Crippen molar-refractivity contribution in [2.45, 2.75) is 20.8 Å². The van der Waals surface area contributed by atoms with Gasteiger partial charge in [0, 0.05) is 23.4 Å². The van der Waals surface area contributed by atoms with Gasteiger partial charge in [-0.1, -0.05) is 0 Å². The van der Waals surface area contributed by atoms with E-state index in [0.29, 0.717) is 12.2 Å². The number of aliphatic carboxylic acids is 1. The Bertz CT molecular complexity index is 520. The van der Waals surface area contributed by atoms with E-state index in [1.807, 2.05) is 0 Å². The van der Waals surface area contributed by atoms with E-state index in [1.54, 1.807) is 6.92 Å². The molecule has 1 amide bonds. The van der Waals surface area contributed by atoms with Crippen molar-refractivity contribution >= 4 is 17.6 Å². The highest BCUT2D eigenvalue weighted by atomic mass is 19.1. The predicted molar refractivity (Wildman–Crippen MR) is 70.4 cm³/mol. The summed E-state index contributed by atoms with van der Waals surface area (Å²) in [6.07, 6.45) is 0. The molecule has 0 atom stereocenters. The van der Waals surface area contributed by atoms with Gasteiger partial charge in [-0.3, -0.25) is 4.79 Å². The van der Waals surface area contributed by atoms with Crippen LogP contribution in [-0.4, -0.2) is 23.5 Å². The molecule has 1 rings (SSSR count). The van der Waals surface area contributed by atoms with Crippen LogP contribution in [0.25, 0.3) is 0 Å². The minimum atomic E-state index is -1.12. The summed E-state index contributed by atoms with van der Waals surface area (Å²) in [5, 5.41) is 8.88. The number of likely N-dealkylation sites (N-methyl/N-ethyl adjacent to an activating group) is 1. The number of hydrogen-bond donors (Lipinski definition) is 1. The van der Waals surface area contributed by atoms with Crippen LogP contribution in [0.2, 0.25) is 0 Å². The average Bonchev–Trinajstić information content (AvgIpc) is 2.39. The van der Waals surface area contributed by atoms with Gasteiger partial charge in [0.05, 0.1) is 0 Å². The number of nitrogens with zero attached hydrogens (tertiary/aromatic N) is 1. The third-order valence-corrected chi connectivity index (χ3v) is 2.90. The van der Waals surface area contributed by atoms with Gasteiger partial charge in [-0.25, -0.2) is 9.18 Å². The van der Waals surface area contributed by atoms with Crippen LogP contribution >= 0.6 is 0 Å². The summed E-state index contributed by atoms with van der Waals surface area (Å²) in [5.74, 6) is -1.91. The Morgan fingerprint density at radius 1 is 1.16 bits per heavy atom. The number of carboxylic acid groups (broad SMARTS) is 1. The van der Waals surface area contributed by atoms with Crippen molar-refractivity contribution in [3.8, 4) is 0 Å². The molecule has 0 unspecified atom stereocenters. The highest BCUT2D eigenvalue weighted by Gasteiger charge is 2.19. The van der Waals surface area contributed by atoms with Gasteiger partial charge in [-0.2, -0.15) is 0 Å². The summed E-state index contributed by atoms with van der Waals surface area (Å²) in [6, 6.07) is 5.49. The number of benzene rings is 1. The molecule has 0 aliphatic carbocycles. The molecule has 0 heterocycles. The second-order valence-corrected chi connectivity index (χ2v) is 4.08. The summed E-state index contributed by atoms with van der Waals surface area (Å²) in [5.41, 5.74) is 0.704. The van der Waals surface area contributed by atoms with Gasteiger partial charge in [0.25, 0.3) is 5.91 Å². The number of halogens is 1. The van der Waals surface area contributed by atoms with E-state index in [1.165, 1.54) is 43.0 Å². The lowest BCUT2D eigenvalue weighted by Crippen LogP contribution is -2.32. The SMILES string of the molecule is CCN(C(=O)C(C)=C(C)C(=O)O)c1ccc(F)cc1. The van der Waals surface area contributed by atoms with Gasteiger partial charge in [-0.05, 0) is 45.0 Å². The zero-order chi connectivity index (χ0) is 14.6. The maximum Gasteiger partial charge on any atom is 0.331 e. The number of rotatable bonds is 4. The third kappa shape index (κ3) is 3.40. The van der Waals surface area contributed by atoms with Crippen LogP contribution in [0.15, 0.2) is 35.4 Å². The fraction of sp³-hybridized carbons (Fsp3) is 0.286. The molecule has 0 aliphatic heterocycles. The fourth-order valence-corrected chi connectivity index (χ4v) is 1.59. The lowest BCUT2D eigenvalue weighted by molar-refractivity contribution is -0.133. The molecule has 1 aromatic rings. The highest BCUT2D eigenvalue weighted by Crippen LogP contribution is 2.18.